The first-order chi connectivity index (χ1) is 10.6. The minimum absolute atomic E-state index is 0.258. The standard InChI is InChI=1S/C15H20O7/c1-18-13(17)9-7-11-10(14-21-4-5-22-14)6-8(9)12(16)15(11,19-2)20-3/h6,8-9,11,14H,4-5,7H2,1-3H3/t8-,9+,11+/m0/s1. The van der Waals surface area contributed by atoms with Crippen LogP contribution in [0, 0.1) is 17.8 Å². The van der Waals surface area contributed by atoms with Crippen LogP contribution in [-0.4, -0.2) is 58.4 Å². The van der Waals surface area contributed by atoms with Crippen molar-refractivity contribution in [3.05, 3.63) is 11.6 Å². The average molecular weight is 312 g/mol. The van der Waals surface area contributed by atoms with Gasteiger partial charge in [0.15, 0.2) is 12.1 Å². The molecule has 2 bridgehead atoms. The van der Waals surface area contributed by atoms with E-state index in [0.717, 1.165) is 5.57 Å². The lowest BCUT2D eigenvalue weighted by atomic mass is 9.61. The first kappa shape index (κ1) is 15.6. The van der Waals surface area contributed by atoms with Crippen molar-refractivity contribution in [1.29, 1.82) is 0 Å². The van der Waals surface area contributed by atoms with E-state index in [1.807, 2.05) is 0 Å². The Balaban J connectivity index is 2.02. The summed E-state index contributed by atoms with van der Waals surface area (Å²) in [6, 6.07) is 0. The van der Waals surface area contributed by atoms with Crippen molar-refractivity contribution >= 4 is 11.8 Å². The van der Waals surface area contributed by atoms with Crippen LogP contribution in [0.5, 0.6) is 0 Å². The van der Waals surface area contributed by atoms with Crippen LogP contribution in [0.2, 0.25) is 0 Å². The molecular weight excluding hydrogens is 292 g/mol. The van der Waals surface area contributed by atoms with Crippen molar-refractivity contribution in [2.75, 3.05) is 34.5 Å². The number of ether oxygens (including phenoxy) is 5. The number of esters is 1. The fraction of sp³-hybridized carbons (Fsp3) is 0.733. The van der Waals surface area contributed by atoms with Crippen LogP contribution in [0.4, 0.5) is 0 Å². The number of hydrogen-bond acceptors (Lipinski definition) is 7. The zero-order chi connectivity index (χ0) is 15.9. The molecule has 0 spiro atoms. The highest BCUT2D eigenvalue weighted by atomic mass is 16.7. The topological polar surface area (TPSA) is 80.3 Å². The number of fused-ring (bicyclic) bond motifs is 2. The molecule has 0 aromatic carbocycles. The first-order valence-electron chi connectivity index (χ1n) is 7.26. The van der Waals surface area contributed by atoms with Crippen molar-refractivity contribution in [3.8, 4) is 0 Å². The van der Waals surface area contributed by atoms with Crippen LogP contribution in [-0.2, 0) is 33.3 Å². The zero-order valence-corrected chi connectivity index (χ0v) is 12.9. The molecular formula is C15H20O7. The fourth-order valence-electron chi connectivity index (χ4n) is 3.77. The summed E-state index contributed by atoms with van der Waals surface area (Å²) in [5.41, 5.74) is 0.811. The molecule has 3 aliphatic carbocycles. The largest absolute Gasteiger partial charge is 0.469 e. The summed E-state index contributed by atoms with van der Waals surface area (Å²) in [5.74, 6) is -3.66. The highest BCUT2D eigenvalue weighted by Gasteiger charge is 2.62. The van der Waals surface area contributed by atoms with Crippen molar-refractivity contribution in [1.82, 2.24) is 0 Å². The van der Waals surface area contributed by atoms with Gasteiger partial charge in [-0.25, -0.2) is 0 Å². The zero-order valence-electron chi connectivity index (χ0n) is 12.9. The third kappa shape index (κ3) is 2.04. The van der Waals surface area contributed by atoms with Crippen molar-refractivity contribution in [2.45, 2.75) is 18.5 Å². The molecule has 7 heteroatoms. The maximum Gasteiger partial charge on any atom is 0.309 e. The number of Topliss-reactive ketones (excluding diaryl/α,β-unsaturated/α-hetero) is 1. The Morgan fingerprint density at radius 2 is 1.86 bits per heavy atom. The summed E-state index contributed by atoms with van der Waals surface area (Å²) in [6.45, 7) is 1.00. The predicted molar refractivity (Wildman–Crippen MR) is 72.6 cm³/mol. The van der Waals surface area contributed by atoms with Gasteiger partial charge in [0.1, 0.15) is 0 Å². The molecule has 3 atom stereocenters. The van der Waals surface area contributed by atoms with E-state index in [1.165, 1.54) is 21.3 Å². The van der Waals surface area contributed by atoms with E-state index in [0.29, 0.717) is 19.6 Å². The highest BCUT2D eigenvalue weighted by molar-refractivity contribution is 5.96. The Morgan fingerprint density at radius 3 is 2.41 bits per heavy atom. The van der Waals surface area contributed by atoms with Crippen LogP contribution in [0.1, 0.15) is 6.42 Å². The Kier molecular flexibility index (Phi) is 4.07. The van der Waals surface area contributed by atoms with E-state index < -0.39 is 35.8 Å². The van der Waals surface area contributed by atoms with Gasteiger partial charge in [-0.3, -0.25) is 9.59 Å². The summed E-state index contributed by atoms with van der Waals surface area (Å²) >= 11 is 0. The monoisotopic (exact) mass is 312 g/mol. The molecule has 22 heavy (non-hydrogen) atoms. The fourth-order valence-corrected chi connectivity index (χ4v) is 3.77. The quantitative estimate of drug-likeness (QED) is 0.419. The number of hydrogen-bond donors (Lipinski definition) is 0. The van der Waals surface area contributed by atoms with Gasteiger partial charge in [-0.2, -0.15) is 0 Å². The molecule has 0 unspecified atom stereocenters. The SMILES string of the molecule is COC(=O)[C@@H]1C[C@@H]2C(C3OCCO3)=C[C@@H]1C(=O)C2(OC)OC. The van der Waals surface area contributed by atoms with Crippen LogP contribution in [0.3, 0.4) is 0 Å². The molecule has 2 fully saturated rings. The Labute approximate surface area is 128 Å². The summed E-state index contributed by atoms with van der Waals surface area (Å²) < 4.78 is 26.8. The van der Waals surface area contributed by atoms with Gasteiger partial charge in [0.25, 0.3) is 0 Å². The van der Waals surface area contributed by atoms with Crippen molar-refractivity contribution in [2.24, 2.45) is 17.8 Å². The molecule has 7 nitrogen and oxygen atoms in total. The third-order valence-electron chi connectivity index (χ3n) is 4.81. The van der Waals surface area contributed by atoms with E-state index in [4.69, 9.17) is 23.7 Å². The summed E-state index contributed by atoms with van der Waals surface area (Å²) in [4.78, 5) is 24.7. The number of ketones is 1. The number of methoxy groups -OCH3 is 3. The van der Waals surface area contributed by atoms with Crippen LogP contribution >= 0.6 is 0 Å². The van der Waals surface area contributed by atoms with Gasteiger partial charge in [0.05, 0.1) is 32.2 Å². The molecule has 1 saturated heterocycles. The van der Waals surface area contributed by atoms with Crippen molar-refractivity contribution < 1.29 is 33.3 Å². The minimum Gasteiger partial charge on any atom is -0.469 e. The van der Waals surface area contributed by atoms with E-state index in [9.17, 15) is 9.59 Å². The second kappa shape index (κ2) is 5.73. The number of carbonyl (C=O) groups is 2. The van der Waals surface area contributed by atoms with Crippen LogP contribution in [0.25, 0.3) is 0 Å². The number of allylic oxidation sites excluding steroid dienone is 1. The van der Waals surface area contributed by atoms with E-state index in [1.54, 1.807) is 6.08 Å². The van der Waals surface area contributed by atoms with E-state index in [2.05, 4.69) is 0 Å². The molecule has 0 radical (unpaired) electrons. The van der Waals surface area contributed by atoms with Gasteiger partial charge in [-0.1, -0.05) is 6.08 Å². The van der Waals surface area contributed by atoms with E-state index in [-0.39, 0.29) is 5.78 Å². The molecule has 0 aromatic rings. The van der Waals surface area contributed by atoms with Crippen molar-refractivity contribution in [3.63, 3.8) is 0 Å². The maximum atomic E-state index is 12.8. The molecule has 0 N–H and O–H groups in total. The van der Waals surface area contributed by atoms with Gasteiger partial charge < -0.3 is 23.7 Å². The number of carbonyl (C=O) groups excluding carboxylic acids is 2. The normalized spacial score (nSPS) is 33.9. The summed E-state index contributed by atoms with van der Waals surface area (Å²) in [7, 11) is 4.19. The molecule has 1 heterocycles. The van der Waals surface area contributed by atoms with Gasteiger partial charge in [-0.15, -0.1) is 0 Å². The molecule has 0 amide bonds. The molecule has 1 saturated carbocycles. The van der Waals surface area contributed by atoms with Crippen LogP contribution in [0.15, 0.2) is 11.6 Å². The Bertz CT molecular complexity index is 502. The van der Waals surface area contributed by atoms with Gasteiger partial charge >= 0.3 is 5.97 Å². The number of rotatable bonds is 4. The Morgan fingerprint density at radius 1 is 1.23 bits per heavy atom. The Hall–Kier alpha value is -1.28. The first-order valence-corrected chi connectivity index (χ1v) is 7.26. The van der Waals surface area contributed by atoms with Gasteiger partial charge in [0.2, 0.25) is 5.79 Å². The predicted octanol–water partition coefficient (Wildman–Crippen LogP) is 0.283. The second-order valence-corrected chi connectivity index (χ2v) is 5.62. The third-order valence-corrected chi connectivity index (χ3v) is 4.81. The lowest BCUT2D eigenvalue weighted by Crippen LogP contribution is -2.62. The lowest BCUT2D eigenvalue weighted by Gasteiger charge is -2.50. The molecule has 4 rings (SSSR count). The van der Waals surface area contributed by atoms with E-state index >= 15 is 0 Å². The highest BCUT2D eigenvalue weighted by Crippen LogP contribution is 2.51. The van der Waals surface area contributed by atoms with Gasteiger partial charge in [0, 0.05) is 20.1 Å². The van der Waals surface area contributed by atoms with Crippen LogP contribution < -0.4 is 0 Å². The summed E-state index contributed by atoms with van der Waals surface area (Å²) in [5, 5.41) is 0. The smallest absolute Gasteiger partial charge is 0.309 e. The molecule has 1 aliphatic heterocycles. The summed E-state index contributed by atoms with van der Waals surface area (Å²) in [6.07, 6.45) is 1.66. The second-order valence-electron chi connectivity index (χ2n) is 5.62. The molecule has 0 aromatic heterocycles. The van der Waals surface area contributed by atoms with Gasteiger partial charge in [-0.05, 0) is 12.0 Å². The molecule has 4 aliphatic rings. The average Bonchev–Trinajstić information content (AvgIpc) is 3.09. The maximum absolute atomic E-state index is 12.8. The lowest BCUT2D eigenvalue weighted by molar-refractivity contribution is -0.246. The minimum atomic E-state index is -1.39. The molecule has 122 valence electrons.